The number of hydrogen-bond donors (Lipinski definition) is 2. The van der Waals surface area contributed by atoms with Crippen molar-refractivity contribution < 1.29 is 4.74 Å². The molecule has 2 aromatic heterocycles. The van der Waals surface area contributed by atoms with Crippen LogP contribution in [0.1, 0.15) is 0 Å². The highest BCUT2D eigenvalue weighted by molar-refractivity contribution is 5.83. The Balaban J connectivity index is 2.31. The van der Waals surface area contributed by atoms with E-state index < -0.39 is 0 Å². The fraction of sp³-hybridized carbons (Fsp3) is 0.0909. The molecule has 0 saturated carbocycles. The van der Waals surface area contributed by atoms with Gasteiger partial charge in [-0.1, -0.05) is 17.3 Å². The lowest BCUT2D eigenvalue weighted by molar-refractivity contribution is 0.411. The normalized spacial score (nSPS) is 10.8. The smallest absolute Gasteiger partial charge is 0.224 e. The minimum Gasteiger partial charge on any atom is -0.494 e. The van der Waals surface area contributed by atoms with E-state index in [0.717, 1.165) is 0 Å². The van der Waals surface area contributed by atoms with Crippen LogP contribution in [0.2, 0.25) is 0 Å². The first-order chi connectivity index (χ1) is 9.20. The average molecular weight is 257 g/mol. The van der Waals surface area contributed by atoms with Crippen LogP contribution in [0.15, 0.2) is 24.3 Å². The van der Waals surface area contributed by atoms with E-state index in [1.165, 1.54) is 4.68 Å². The number of nitrogens with two attached hydrogens (primary N) is 2. The number of benzene rings is 1. The Morgan fingerprint density at radius 1 is 1.16 bits per heavy atom. The lowest BCUT2D eigenvalue weighted by atomic mass is 10.3. The summed E-state index contributed by atoms with van der Waals surface area (Å²) in [5.41, 5.74) is 12.9. The van der Waals surface area contributed by atoms with Gasteiger partial charge in [0.05, 0.1) is 7.11 Å². The molecule has 0 aliphatic carbocycles. The van der Waals surface area contributed by atoms with Gasteiger partial charge >= 0.3 is 0 Å². The van der Waals surface area contributed by atoms with Gasteiger partial charge in [-0.2, -0.15) is 14.6 Å². The van der Waals surface area contributed by atoms with E-state index in [4.69, 9.17) is 16.2 Å². The van der Waals surface area contributed by atoms with Crippen molar-refractivity contribution in [2.75, 3.05) is 18.6 Å². The quantitative estimate of drug-likeness (QED) is 0.681. The molecule has 0 fully saturated rings. The molecule has 2 heterocycles. The van der Waals surface area contributed by atoms with Gasteiger partial charge in [0, 0.05) is 0 Å². The summed E-state index contributed by atoms with van der Waals surface area (Å²) in [6.07, 6.45) is 0. The highest BCUT2D eigenvalue weighted by atomic mass is 16.5. The second-order valence-corrected chi connectivity index (χ2v) is 3.81. The molecule has 3 rings (SSSR count). The van der Waals surface area contributed by atoms with E-state index >= 15 is 0 Å². The Bertz CT molecular complexity index is 752. The van der Waals surface area contributed by atoms with Gasteiger partial charge in [-0.05, 0) is 12.1 Å². The Labute approximate surface area is 108 Å². The Kier molecular flexibility index (Phi) is 2.41. The molecule has 0 atom stereocenters. The maximum atomic E-state index is 5.74. The molecule has 0 unspecified atom stereocenters. The zero-order valence-electron chi connectivity index (χ0n) is 10.1. The standard InChI is InChI=1S/C11H11N7O/c1-19-7-5-3-2-4-6(7)18-10-8(16-17-18)9(12)14-11(13)15-10/h2-5H,1H3,(H4,12,13,14,15). The summed E-state index contributed by atoms with van der Waals surface area (Å²) >= 11 is 0. The van der Waals surface area contributed by atoms with Crippen LogP contribution in [0, 0.1) is 0 Å². The van der Waals surface area contributed by atoms with Crippen molar-refractivity contribution in [2.24, 2.45) is 0 Å². The number of nitrogen functional groups attached to an aromatic ring is 2. The van der Waals surface area contributed by atoms with E-state index in [-0.39, 0.29) is 11.8 Å². The van der Waals surface area contributed by atoms with Crippen LogP contribution >= 0.6 is 0 Å². The first-order valence-corrected chi connectivity index (χ1v) is 5.48. The Hall–Kier alpha value is -2.90. The van der Waals surface area contributed by atoms with Crippen molar-refractivity contribution >= 4 is 22.9 Å². The van der Waals surface area contributed by atoms with Crippen LogP contribution < -0.4 is 16.2 Å². The van der Waals surface area contributed by atoms with Gasteiger partial charge in [-0.3, -0.25) is 0 Å². The highest BCUT2D eigenvalue weighted by Crippen LogP contribution is 2.25. The number of anilines is 2. The van der Waals surface area contributed by atoms with Gasteiger partial charge < -0.3 is 16.2 Å². The molecule has 4 N–H and O–H groups in total. The second kappa shape index (κ2) is 4.09. The third-order valence-electron chi connectivity index (χ3n) is 2.66. The van der Waals surface area contributed by atoms with Gasteiger partial charge in [0.2, 0.25) is 5.95 Å². The van der Waals surface area contributed by atoms with E-state index in [1.54, 1.807) is 7.11 Å². The molecule has 0 radical (unpaired) electrons. The lowest BCUT2D eigenvalue weighted by Gasteiger charge is -2.07. The minimum atomic E-state index is 0.0726. The number of fused-ring (bicyclic) bond motifs is 1. The molecule has 0 aliphatic rings. The fourth-order valence-electron chi connectivity index (χ4n) is 1.82. The number of nitrogens with zero attached hydrogens (tertiary/aromatic N) is 5. The summed E-state index contributed by atoms with van der Waals surface area (Å²) in [7, 11) is 1.58. The molecule has 96 valence electrons. The maximum absolute atomic E-state index is 5.74. The van der Waals surface area contributed by atoms with Crippen LogP contribution in [0.4, 0.5) is 11.8 Å². The van der Waals surface area contributed by atoms with Crippen LogP contribution in [0.3, 0.4) is 0 Å². The molecular weight excluding hydrogens is 246 g/mol. The van der Waals surface area contributed by atoms with Crippen molar-refractivity contribution in [1.29, 1.82) is 0 Å². The highest BCUT2D eigenvalue weighted by Gasteiger charge is 2.15. The molecular formula is C11H11N7O. The Morgan fingerprint density at radius 3 is 2.74 bits per heavy atom. The number of para-hydroxylation sites is 2. The third-order valence-corrected chi connectivity index (χ3v) is 2.66. The van der Waals surface area contributed by atoms with Crippen molar-refractivity contribution in [2.45, 2.75) is 0 Å². The monoisotopic (exact) mass is 257 g/mol. The molecule has 8 heteroatoms. The zero-order chi connectivity index (χ0) is 13.4. The first kappa shape index (κ1) is 11.2. The largest absolute Gasteiger partial charge is 0.494 e. The lowest BCUT2D eigenvalue weighted by Crippen LogP contribution is -2.04. The van der Waals surface area contributed by atoms with Gasteiger partial charge in [0.15, 0.2) is 17.0 Å². The topological polar surface area (TPSA) is 118 Å². The molecule has 8 nitrogen and oxygen atoms in total. The number of aromatic nitrogens is 5. The summed E-state index contributed by atoms with van der Waals surface area (Å²) < 4.78 is 6.80. The van der Waals surface area contributed by atoms with Gasteiger partial charge in [0.1, 0.15) is 11.4 Å². The SMILES string of the molecule is COc1ccccc1-n1nnc2c(N)nc(N)nc21. The third kappa shape index (κ3) is 1.69. The van der Waals surface area contributed by atoms with E-state index in [9.17, 15) is 0 Å². The molecule has 1 aromatic carbocycles. The predicted molar refractivity (Wildman–Crippen MR) is 69.8 cm³/mol. The summed E-state index contributed by atoms with van der Waals surface area (Å²) in [5.74, 6) is 0.914. The summed E-state index contributed by atoms with van der Waals surface area (Å²) in [4.78, 5) is 7.97. The molecule has 0 saturated heterocycles. The van der Waals surface area contributed by atoms with Gasteiger partial charge in [-0.25, -0.2) is 0 Å². The molecule has 0 bridgehead atoms. The van der Waals surface area contributed by atoms with Gasteiger partial charge in [-0.15, -0.1) is 5.10 Å². The first-order valence-electron chi connectivity index (χ1n) is 5.48. The molecule has 0 spiro atoms. The van der Waals surface area contributed by atoms with E-state index in [1.807, 2.05) is 24.3 Å². The summed E-state index contributed by atoms with van der Waals surface area (Å²) in [6.45, 7) is 0. The van der Waals surface area contributed by atoms with Crippen molar-refractivity contribution in [3.05, 3.63) is 24.3 Å². The molecule has 3 aromatic rings. The van der Waals surface area contributed by atoms with E-state index in [2.05, 4.69) is 20.3 Å². The molecule has 19 heavy (non-hydrogen) atoms. The molecule has 0 amide bonds. The number of ether oxygens (including phenoxy) is 1. The van der Waals surface area contributed by atoms with Crippen molar-refractivity contribution in [3.63, 3.8) is 0 Å². The minimum absolute atomic E-state index is 0.0726. The van der Waals surface area contributed by atoms with Crippen molar-refractivity contribution in [1.82, 2.24) is 25.0 Å². The average Bonchev–Trinajstić information content (AvgIpc) is 2.82. The number of rotatable bonds is 2. The van der Waals surface area contributed by atoms with Crippen molar-refractivity contribution in [3.8, 4) is 11.4 Å². The molecule has 0 aliphatic heterocycles. The van der Waals surface area contributed by atoms with Gasteiger partial charge in [0.25, 0.3) is 0 Å². The zero-order valence-corrected chi connectivity index (χ0v) is 10.1. The number of methoxy groups -OCH3 is 1. The van der Waals surface area contributed by atoms with Crippen LogP contribution in [-0.2, 0) is 0 Å². The number of hydrogen-bond acceptors (Lipinski definition) is 7. The Morgan fingerprint density at radius 2 is 1.95 bits per heavy atom. The van der Waals surface area contributed by atoms with Crippen LogP contribution in [0.5, 0.6) is 5.75 Å². The van der Waals surface area contributed by atoms with E-state index in [0.29, 0.717) is 22.6 Å². The van der Waals surface area contributed by atoms with Crippen LogP contribution in [0.25, 0.3) is 16.9 Å². The second-order valence-electron chi connectivity index (χ2n) is 3.81. The summed E-state index contributed by atoms with van der Waals surface area (Å²) in [5, 5.41) is 7.99. The fourth-order valence-corrected chi connectivity index (χ4v) is 1.82. The van der Waals surface area contributed by atoms with Crippen LogP contribution in [-0.4, -0.2) is 32.1 Å². The predicted octanol–water partition coefficient (Wildman–Crippen LogP) is 0.383. The maximum Gasteiger partial charge on any atom is 0.224 e. The summed E-state index contributed by atoms with van der Waals surface area (Å²) in [6, 6.07) is 7.37.